The maximum atomic E-state index is 6.10. The lowest BCUT2D eigenvalue weighted by molar-refractivity contribution is 0.633. The molecule has 0 spiro atoms. The van der Waals surface area contributed by atoms with Crippen LogP contribution in [0.4, 0.5) is 0 Å². The molecule has 2 radical (unpaired) electrons. The summed E-state index contributed by atoms with van der Waals surface area (Å²) in [4.78, 5) is 0. The summed E-state index contributed by atoms with van der Waals surface area (Å²) in [6.07, 6.45) is 0. The molecule has 2 heterocycles. The summed E-state index contributed by atoms with van der Waals surface area (Å²) >= 11 is 0. The van der Waals surface area contributed by atoms with E-state index in [9.17, 15) is 0 Å². The average Bonchev–Trinajstić information content (AvgIpc) is 3.05. The van der Waals surface area contributed by atoms with E-state index >= 15 is 0 Å². The molecule has 5 rings (SSSR count). The largest absolute Gasteiger partial charge is 0.452 e. The topological polar surface area (TPSA) is 26.3 Å². The van der Waals surface area contributed by atoms with Crippen LogP contribution in [0, 0.1) is 0 Å². The number of rotatable bonds is 0. The highest BCUT2D eigenvalue weighted by atomic mass is 16.4. The van der Waals surface area contributed by atoms with E-state index in [1.165, 1.54) is 0 Å². The van der Waals surface area contributed by atoms with Crippen LogP contribution >= 0.6 is 0 Å². The van der Waals surface area contributed by atoms with Crippen LogP contribution in [0.25, 0.3) is 43.9 Å². The number of hydrogen-bond donors (Lipinski definition) is 0. The first-order valence-corrected chi connectivity index (χ1v) is 6.84. The SMILES string of the molecule is [B]c1cccc2oc3c(ccc4c5ccccc5oc43)c12. The van der Waals surface area contributed by atoms with Gasteiger partial charge in [-0.3, -0.25) is 0 Å². The second-order valence-electron chi connectivity index (χ2n) is 5.24. The molecule has 0 unspecified atom stereocenters. The fourth-order valence-corrected chi connectivity index (χ4v) is 3.09. The molecule has 0 aliphatic carbocycles. The average molecular weight is 268 g/mol. The van der Waals surface area contributed by atoms with Crippen molar-refractivity contribution in [3.05, 3.63) is 54.6 Å². The second-order valence-corrected chi connectivity index (χ2v) is 5.24. The third-order valence-electron chi connectivity index (χ3n) is 4.04. The lowest BCUT2D eigenvalue weighted by atomic mass is 9.91. The maximum absolute atomic E-state index is 6.10. The zero-order valence-corrected chi connectivity index (χ0v) is 11.1. The molecule has 2 nitrogen and oxygen atoms in total. The highest BCUT2D eigenvalue weighted by Gasteiger charge is 2.15. The van der Waals surface area contributed by atoms with Crippen molar-refractivity contribution in [1.82, 2.24) is 0 Å². The summed E-state index contributed by atoms with van der Waals surface area (Å²) < 4.78 is 12.0. The Bertz CT molecular complexity index is 1150. The van der Waals surface area contributed by atoms with Gasteiger partial charge in [0.2, 0.25) is 0 Å². The summed E-state index contributed by atoms with van der Waals surface area (Å²) in [6.45, 7) is 0. The van der Waals surface area contributed by atoms with Crippen molar-refractivity contribution in [3.63, 3.8) is 0 Å². The van der Waals surface area contributed by atoms with Crippen LogP contribution in [0.3, 0.4) is 0 Å². The zero-order valence-electron chi connectivity index (χ0n) is 11.1. The van der Waals surface area contributed by atoms with Crippen molar-refractivity contribution in [1.29, 1.82) is 0 Å². The van der Waals surface area contributed by atoms with Gasteiger partial charge in [-0.1, -0.05) is 35.8 Å². The van der Waals surface area contributed by atoms with E-state index in [4.69, 9.17) is 16.7 Å². The molecule has 96 valence electrons. The Morgan fingerprint density at radius 2 is 1.33 bits per heavy atom. The van der Waals surface area contributed by atoms with Crippen molar-refractivity contribution in [3.8, 4) is 0 Å². The molecule has 0 saturated carbocycles. The molecule has 0 fully saturated rings. The highest BCUT2D eigenvalue weighted by molar-refractivity contribution is 6.41. The zero-order chi connectivity index (χ0) is 14.0. The van der Waals surface area contributed by atoms with Crippen molar-refractivity contribution in [2.45, 2.75) is 0 Å². The van der Waals surface area contributed by atoms with Crippen LogP contribution in [-0.2, 0) is 0 Å². The molecule has 0 saturated heterocycles. The monoisotopic (exact) mass is 268 g/mol. The van der Waals surface area contributed by atoms with E-state index in [1.54, 1.807) is 0 Å². The minimum Gasteiger partial charge on any atom is -0.452 e. The van der Waals surface area contributed by atoms with Gasteiger partial charge in [0, 0.05) is 21.5 Å². The van der Waals surface area contributed by atoms with Crippen LogP contribution in [-0.4, -0.2) is 7.85 Å². The molecule has 0 bridgehead atoms. The van der Waals surface area contributed by atoms with Gasteiger partial charge in [0.1, 0.15) is 19.0 Å². The fourth-order valence-electron chi connectivity index (χ4n) is 3.09. The smallest absolute Gasteiger partial charge is 0.178 e. The van der Waals surface area contributed by atoms with Gasteiger partial charge >= 0.3 is 0 Å². The van der Waals surface area contributed by atoms with Gasteiger partial charge in [-0.25, -0.2) is 0 Å². The first-order valence-electron chi connectivity index (χ1n) is 6.84. The number of para-hydroxylation sites is 1. The van der Waals surface area contributed by atoms with Crippen molar-refractivity contribution >= 4 is 57.2 Å². The molecular weight excluding hydrogens is 259 g/mol. The Hall–Kier alpha value is -2.68. The van der Waals surface area contributed by atoms with Crippen molar-refractivity contribution in [2.75, 3.05) is 0 Å². The number of fused-ring (bicyclic) bond motifs is 7. The Morgan fingerprint density at radius 3 is 2.29 bits per heavy atom. The number of hydrogen-bond acceptors (Lipinski definition) is 2. The first-order chi connectivity index (χ1) is 10.3. The third kappa shape index (κ3) is 1.33. The van der Waals surface area contributed by atoms with E-state index in [0.717, 1.165) is 49.3 Å². The molecule has 2 aromatic heterocycles. The Labute approximate surface area is 121 Å². The van der Waals surface area contributed by atoms with Gasteiger partial charge in [-0.2, -0.15) is 0 Å². The van der Waals surface area contributed by atoms with Crippen LogP contribution in [0.2, 0.25) is 0 Å². The van der Waals surface area contributed by atoms with Gasteiger partial charge in [-0.15, -0.1) is 0 Å². The van der Waals surface area contributed by atoms with E-state index in [2.05, 4.69) is 18.2 Å². The van der Waals surface area contributed by atoms with Crippen LogP contribution in [0.15, 0.2) is 63.4 Å². The molecule has 0 N–H and O–H groups in total. The van der Waals surface area contributed by atoms with E-state index in [0.29, 0.717) is 0 Å². The second kappa shape index (κ2) is 3.70. The molecular formula is C18H9BO2. The maximum Gasteiger partial charge on any atom is 0.178 e. The molecule has 3 heteroatoms. The molecule has 21 heavy (non-hydrogen) atoms. The minimum atomic E-state index is 0.724. The summed E-state index contributed by atoms with van der Waals surface area (Å²) in [5.74, 6) is 0. The normalized spacial score (nSPS) is 12.0. The summed E-state index contributed by atoms with van der Waals surface area (Å²) in [5.41, 5.74) is 3.92. The quantitative estimate of drug-likeness (QED) is 0.392. The van der Waals surface area contributed by atoms with Crippen LogP contribution in [0.1, 0.15) is 0 Å². The Morgan fingerprint density at radius 1 is 0.619 bits per heavy atom. The minimum absolute atomic E-state index is 0.724. The number of furan rings is 2. The fraction of sp³-hybridized carbons (Fsp3) is 0. The lowest BCUT2D eigenvalue weighted by Gasteiger charge is -1.94. The van der Waals surface area contributed by atoms with Gasteiger partial charge in [0.25, 0.3) is 0 Å². The molecule has 5 aromatic rings. The molecule has 0 atom stereocenters. The van der Waals surface area contributed by atoms with Crippen LogP contribution in [0.5, 0.6) is 0 Å². The molecule has 0 aliphatic heterocycles. The van der Waals surface area contributed by atoms with E-state index < -0.39 is 0 Å². The standard InChI is InChI=1S/C18H9BO2/c19-13-5-3-7-15-16(13)12-9-8-11-10-4-1-2-6-14(10)20-17(11)18(12)21-15/h1-9H. The molecule has 0 aliphatic rings. The summed E-state index contributed by atoms with van der Waals surface area (Å²) in [6, 6.07) is 17.9. The van der Waals surface area contributed by atoms with Gasteiger partial charge in [0.05, 0.1) is 0 Å². The van der Waals surface area contributed by atoms with Gasteiger partial charge < -0.3 is 8.83 Å². The first kappa shape index (κ1) is 11.0. The van der Waals surface area contributed by atoms with Gasteiger partial charge in [0.15, 0.2) is 11.2 Å². The predicted octanol–water partition coefficient (Wildman–Crippen LogP) is 4.28. The van der Waals surface area contributed by atoms with Crippen molar-refractivity contribution < 1.29 is 8.83 Å². The summed E-state index contributed by atoms with van der Waals surface area (Å²) in [7, 11) is 6.10. The number of benzene rings is 3. The predicted molar refractivity (Wildman–Crippen MR) is 86.4 cm³/mol. The Balaban J connectivity index is 2.09. The Kier molecular flexibility index (Phi) is 1.94. The van der Waals surface area contributed by atoms with Gasteiger partial charge in [-0.05, 0) is 24.3 Å². The van der Waals surface area contributed by atoms with Crippen LogP contribution < -0.4 is 5.46 Å². The summed E-state index contributed by atoms with van der Waals surface area (Å²) in [5, 5.41) is 4.11. The van der Waals surface area contributed by atoms with E-state index in [1.807, 2.05) is 36.4 Å². The molecule has 0 amide bonds. The van der Waals surface area contributed by atoms with Crippen molar-refractivity contribution in [2.24, 2.45) is 0 Å². The van der Waals surface area contributed by atoms with E-state index in [-0.39, 0.29) is 0 Å². The highest BCUT2D eigenvalue weighted by Crippen LogP contribution is 2.37. The molecule has 3 aromatic carbocycles. The lowest BCUT2D eigenvalue weighted by Crippen LogP contribution is -2.00. The third-order valence-corrected chi connectivity index (χ3v) is 4.04.